The van der Waals surface area contributed by atoms with E-state index in [-0.39, 0.29) is 5.41 Å². The Morgan fingerprint density at radius 1 is 1.03 bits per heavy atom. The number of hydrogen-bond acceptors (Lipinski definition) is 4. The smallest absolute Gasteiger partial charge is 0.229 e. The van der Waals surface area contributed by atoms with Gasteiger partial charge in [-0.15, -0.1) is 0 Å². The third-order valence-electron chi connectivity index (χ3n) is 6.86. The van der Waals surface area contributed by atoms with Gasteiger partial charge >= 0.3 is 0 Å². The number of methoxy groups -OCH3 is 1. The number of nitrogens with zero attached hydrogens (tertiary/aromatic N) is 3. The Labute approximate surface area is 172 Å². The summed E-state index contributed by atoms with van der Waals surface area (Å²) >= 11 is 0. The number of anilines is 1. The molecule has 1 aromatic carbocycles. The average Bonchev–Trinajstić information content (AvgIpc) is 3.31. The first-order valence-corrected chi connectivity index (χ1v) is 10.5. The predicted molar refractivity (Wildman–Crippen MR) is 114 cm³/mol. The van der Waals surface area contributed by atoms with E-state index in [1.54, 1.807) is 7.11 Å². The number of benzene rings is 1. The van der Waals surface area contributed by atoms with Crippen molar-refractivity contribution in [1.82, 2.24) is 9.88 Å². The van der Waals surface area contributed by atoms with Crippen molar-refractivity contribution >= 4 is 17.3 Å². The number of rotatable bonds is 4. The fourth-order valence-corrected chi connectivity index (χ4v) is 5.08. The quantitative estimate of drug-likeness (QED) is 0.802. The van der Waals surface area contributed by atoms with Gasteiger partial charge in [-0.05, 0) is 48.4 Å². The van der Waals surface area contributed by atoms with E-state index in [1.807, 2.05) is 18.2 Å². The third-order valence-corrected chi connectivity index (χ3v) is 6.86. The van der Waals surface area contributed by atoms with Gasteiger partial charge in [0.2, 0.25) is 11.8 Å². The number of carbonyl (C=O) groups is 1. The molecule has 1 aliphatic carbocycles. The molecule has 0 atom stereocenters. The Hall–Kier alpha value is -2.82. The van der Waals surface area contributed by atoms with Crippen LogP contribution < -0.4 is 9.64 Å². The first-order valence-electron chi connectivity index (χ1n) is 10.5. The van der Waals surface area contributed by atoms with Crippen LogP contribution >= 0.6 is 0 Å². The summed E-state index contributed by atoms with van der Waals surface area (Å²) in [5.74, 6) is 1.92. The Morgan fingerprint density at radius 3 is 2.66 bits per heavy atom. The standard InChI is InChI=1S/C24H27N3O2/c1-29-22-8-4-7-21(25-22)26-14-11-24(12-15-26)13-16-27(23(24)28)17-19-10-9-18-5-2-3-6-20(18)19/h2-8,10H,9,11-17H2,1H3. The van der Waals surface area contributed by atoms with Crippen molar-refractivity contribution in [2.75, 3.05) is 38.2 Å². The van der Waals surface area contributed by atoms with E-state index < -0.39 is 0 Å². The van der Waals surface area contributed by atoms with Gasteiger partial charge in [0.05, 0.1) is 12.5 Å². The lowest BCUT2D eigenvalue weighted by atomic mass is 9.77. The zero-order valence-corrected chi connectivity index (χ0v) is 16.9. The first kappa shape index (κ1) is 18.2. The Morgan fingerprint density at radius 2 is 1.83 bits per heavy atom. The Balaban J connectivity index is 1.25. The van der Waals surface area contributed by atoms with Gasteiger partial charge in [-0.3, -0.25) is 4.79 Å². The van der Waals surface area contributed by atoms with Crippen molar-refractivity contribution in [3.05, 3.63) is 59.7 Å². The van der Waals surface area contributed by atoms with E-state index in [0.717, 1.165) is 57.7 Å². The number of aromatic nitrogens is 1. The second kappa shape index (κ2) is 7.21. The fourth-order valence-electron chi connectivity index (χ4n) is 5.08. The topological polar surface area (TPSA) is 45.7 Å². The molecule has 1 spiro atoms. The maximum Gasteiger partial charge on any atom is 0.229 e. The minimum absolute atomic E-state index is 0.186. The lowest BCUT2D eigenvalue weighted by Crippen LogP contribution is -2.45. The summed E-state index contributed by atoms with van der Waals surface area (Å²) < 4.78 is 5.25. The molecular formula is C24H27N3O2. The molecule has 0 saturated carbocycles. The summed E-state index contributed by atoms with van der Waals surface area (Å²) in [6.45, 7) is 3.35. The van der Waals surface area contributed by atoms with Crippen LogP contribution in [0.25, 0.3) is 5.57 Å². The number of piperidine rings is 1. The molecule has 3 aliphatic rings. The Bertz CT molecular complexity index is 960. The highest BCUT2D eigenvalue weighted by Gasteiger charge is 2.48. The molecule has 0 bridgehead atoms. The van der Waals surface area contributed by atoms with Crippen LogP contribution in [0.1, 0.15) is 30.4 Å². The summed E-state index contributed by atoms with van der Waals surface area (Å²) in [5.41, 5.74) is 3.82. The number of amides is 1. The van der Waals surface area contributed by atoms with E-state index in [1.165, 1.54) is 16.7 Å². The van der Waals surface area contributed by atoms with E-state index in [9.17, 15) is 4.79 Å². The summed E-state index contributed by atoms with van der Waals surface area (Å²) in [6.07, 6.45) is 6.05. The van der Waals surface area contributed by atoms with Crippen molar-refractivity contribution in [2.24, 2.45) is 5.41 Å². The third kappa shape index (κ3) is 3.18. The first-order chi connectivity index (χ1) is 14.2. The molecule has 0 radical (unpaired) electrons. The van der Waals surface area contributed by atoms with Crippen molar-refractivity contribution in [2.45, 2.75) is 25.7 Å². The van der Waals surface area contributed by atoms with Crippen LogP contribution in [0.2, 0.25) is 0 Å². The van der Waals surface area contributed by atoms with Crippen LogP contribution in [0.4, 0.5) is 5.82 Å². The second-order valence-electron chi connectivity index (χ2n) is 8.37. The van der Waals surface area contributed by atoms with Crippen LogP contribution in [-0.4, -0.2) is 49.1 Å². The largest absolute Gasteiger partial charge is 0.481 e. The summed E-state index contributed by atoms with van der Waals surface area (Å²) in [4.78, 5) is 22.3. The van der Waals surface area contributed by atoms with Crippen molar-refractivity contribution in [3.63, 3.8) is 0 Å². The highest BCUT2D eigenvalue weighted by atomic mass is 16.5. The van der Waals surface area contributed by atoms with Crippen LogP contribution in [0.5, 0.6) is 5.88 Å². The summed E-state index contributed by atoms with van der Waals surface area (Å²) in [6, 6.07) is 14.4. The normalized spacial score (nSPS) is 20.2. The predicted octanol–water partition coefficient (Wildman–Crippen LogP) is 3.55. The number of hydrogen-bond donors (Lipinski definition) is 0. The molecule has 2 aromatic rings. The van der Waals surface area contributed by atoms with E-state index in [4.69, 9.17) is 4.74 Å². The average molecular weight is 389 g/mol. The molecule has 1 aromatic heterocycles. The molecule has 5 nitrogen and oxygen atoms in total. The summed E-state index contributed by atoms with van der Waals surface area (Å²) in [5, 5.41) is 0. The lowest BCUT2D eigenvalue weighted by molar-refractivity contribution is -0.136. The molecule has 0 N–H and O–H groups in total. The van der Waals surface area contributed by atoms with Crippen molar-refractivity contribution < 1.29 is 9.53 Å². The highest BCUT2D eigenvalue weighted by molar-refractivity contribution is 5.87. The molecule has 0 unspecified atom stereocenters. The molecule has 5 heteroatoms. The minimum Gasteiger partial charge on any atom is -0.481 e. The molecule has 2 aliphatic heterocycles. The van der Waals surface area contributed by atoms with Crippen molar-refractivity contribution in [3.8, 4) is 5.88 Å². The van der Waals surface area contributed by atoms with Crippen LogP contribution in [-0.2, 0) is 11.2 Å². The number of fused-ring (bicyclic) bond motifs is 1. The molecule has 150 valence electrons. The minimum atomic E-state index is -0.186. The molecule has 2 saturated heterocycles. The SMILES string of the molecule is COc1cccc(N2CCC3(CCN(CC4=CCc5ccccc54)C3=O)CC2)n1. The number of likely N-dealkylation sites (tertiary alicyclic amines) is 1. The number of ether oxygens (including phenoxy) is 1. The molecule has 3 heterocycles. The maximum absolute atomic E-state index is 13.4. The Kier molecular flexibility index (Phi) is 4.53. The number of allylic oxidation sites excluding steroid dienone is 1. The lowest BCUT2D eigenvalue weighted by Gasteiger charge is -2.38. The van der Waals surface area contributed by atoms with Crippen LogP contribution in [0, 0.1) is 5.41 Å². The van der Waals surface area contributed by atoms with E-state index in [2.05, 4.69) is 45.1 Å². The van der Waals surface area contributed by atoms with E-state index >= 15 is 0 Å². The van der Waals surface area contributed by atoms with Gasteiger partial charge in [-0.2, -0.15) is 4.98 Å². The molecule has 2 fully saturated rings. The zero-order chi connectivity index (χ0) is 19.8. The number of pyridine rings is 1. The molecule has 1 amide bonds. The molecule has 5 rings (SSSR count). The van der Waals surface area contributed by atoms with Gasteiger partial charge in [0.1, 0.15) is 5.82 Å². The van der Waals surface area contributed by atoms with E-state index in [0.29, 0.717) is 11.8 Å². The zero-order valence-electron chi connectivity index (χ0n) is 16.9. The molecular weight excluding hydrogens is 362 g/mol. The van der Waals surface area contributed by atoms with Gasteiger partial charge < -0.3 is 14.5 Å². The van der Waals surface area contributed by atoms with Crippen molar-refractivity contribution in [1.29, 1.82) is 0 Å². The maximum atomic E-state index is 13.4. The van der Waals surface area contributed by atoms with Gasteiger partial charge in [0.15, 0.2) is 0 Å². The monoisotopic (exact) mass is 389 g/mol. The van der Waals surface area contributed by atoms with Crippen LogP contribution in [0.3, 0.4) is 0 Å². The van der Waals surface area contributed by atoms with Gasteiger partial charge in [-0.1, -0.05) is 36.4 Å². The van der Waals surface area contributed by atoms with Gasteiger partial charge in [0, 0.05) is 32.2 Å². The number of carbonyl (C=O) groups excluding carboxylic acids is 1. The van der Waals surface area contributed by atoms with Crippen LogP contribution in [0.15, 0.2) is 48.5 Å². The van der Waals surface area contributed by atoms with Gasteiger partial charge in [-0.25, -0.2) is 0 Å². The highest BCUT2D eigenvalue weighted by Crippen LogP contribution is 2.43. The fraction of sp³-hybridized carbons (Fsp3) is 0.417. The molecule has 29 heavy (non-hydrogen) atoms. The van der Waals surface area contributed by atoms with Gasteiger partial charge in [0.25, 0.3) is 0 Å². The second-order valence-corrected chi connectivity index (χ2v) is 8.37. The summed E-state index contributed by atoms with van der Waals surface area (Å²) in [7, 11) is 1.64.